The number of aryl methyl sites for hydroxylation is 3. The summed E-state index contributed by atoms with van der Waals surface area (Å²) in [5.41, 5.74) is 5.19. The van der Waals surface area contributed by atoms with Gasteiger partial charge in [-0.3, -0.25) is 9.59 Å². The molecule has 0 radical (unpaired) electrons. The molecule has 0 fully saturated rings. The van der Waals surface area contributed by atoms with E-state index in [1.165, 1.54) is 0 Å². The van der Waals surface area contributed by atoms with Crippen LogP contribution in [0.15, 0.2) is 54.6 Å². The van der Waals surface area contributed by atoms with Crippen LogP contribution < -0.4 is 19.5 Å². The fourth-order valence-corrected chi connectivity index (χ4v) is 4.74. The monoisotopic (exact) mass is 533 g/mol. The third-order valence-electron chi connectivity index (χ3n) is 6.47. The zero-order chi connectivity index (χ0) is 28.5. The summed E-state index contributed by atoms with van der Waals surface area (Å²) in [6, 6.07) is 16.9. The van der Waals surface area contributed by atoms with Crippen LogP contribution in [0.3, 0.4) is 0 Å². The van der Waals surface area contributed by atoms with Crippen LogP contribution in [0.2, 0.25) is 0 Å². The molecule has 0 aromatic heterocycles. The Morgan fingerprint density at radius 3 is 2.26 bits per heavy atom. The molecule has 3 aromatic carbocycles. The number of hydrogen-bond acceptors (Lipinski definition) is 5. The van der Waals surface area contributed by atoms with Gasteiger partial charge in [0, 0.05) is 17.5 Å². The predicted octanol–water partition coefficient (Wildman–Crippen LogP) is 6.43. The standard InChI is InChI=1S/C32H39NO6/c1-20(2)14-28(25-16-21(3)15-22(4)17-25)33-32(36)27-18-26(12-10-23(27)11-13-30(34)35)39-19-24-8-7-9-29(37-5)31(24)38-6/h7-10,12,15-18,20,28H,11,13-14,19H2,1-6H3,(H,33,36)(H,34,35). The van der Waals surface area contributed by atoms with Gasteiger partial charge in [0.2, 0.25) is 0 Å². The minimum Gasteiger partial charge on any atom is -0.493 e. The number of amides is 1. The summed E-state index contributed by atoms with van der Waals surface area (Å²) in [6.45, 7) is 8.55. The summed E-state index contributed by atoms with van der Waals surface area (Å²) in [4.78, 5) is 25.0. The SMILES string of the molecule is COc1cccc(COc2ccc(CCC(=O)O)c(C(=O)NC(CC(C)C)c3cc(C)cc(C)c3)c2)c1OC. The minimum atomic E-state index is -0.917. The van der Waals surface area contributed by atoms with E-state index in [1.807, 2.05) is 32.0 Å². The Bertz CT molecular complexity index is 1280. The minimum absolute atomic E-state index is 0.0754. The van der Waals surface area contributed by atoms with E-state index in [9.17, 15) is 14.7 Å². The molecule has 0 aliphatic rings. The molecule has 7 nitrogen and oxygen atoms in total. The summed E-state index contributed by atoms with van der Waals surface area (Å²) < 4.78 is 16.9. The van der Waals surface area contributed by atoms with Gasteiger partial charge in [0.05, 0.1) is 20.3 Å². The van der Waals surface area contributed by atoms with Crippen LogP contribution >= 0.6 is 0 Å². The maximum atomic E-state index is 13.7. The maximum Gasteiger partial charge on any atom is 0.303 e. The van der Waals surface area contributed by atoms with E-state index < -0.39 is 5.97 Å². The van der Waals surface area contributed by atoms with E-state index in [1.54, 1.807) is 32.4 Å². The second-order valence-electron chi connectivity index (χ2n) is 10.2. The molecule has 0 aliphatic carbocycles. The molecular weight excluding hydrogens is 494 g/mol. The highest BCUT2D eigenvalue weighted by atomic mass is 16.5. The number of para-hydroxylation sites is 1. The number of carbonyl (C=O) groups excluding carboxylic acids is 1. The van der Waals surface area contributed by atoms with Crippen molar-refractivity contribution >= 4 is 11.9 Å². The van der Waals surface area contributed by atoms with Crippen molar-refractivity contribution in [1.29, 1.82) is 0 Å². The summed E-state index contributed by atoms with van der Waals surface area (Å²) >= 11 is 0. The van der Waals surface area contributed by atoms with Gasteiger partial charge in [-0.25, -0.2) is 0 Å². The number of rotatable bonds is 13. The normalized spacial score (nSPS) is 11.7. The predicted molar refractivity (Wildman–Crippen MR) is 152 cm³/mol. The average molecular weight is 534 g/mol. The lowest BCUT2D eigenvalue weighted by Crippen LogP contribution is -2.30. The van der Waals surface area contributed by atoms with Crippen molar-refractivity contribution in [2.24, 2.45) is 5.92 Å². The van der Waals surface area contributed by atoms with E-state index in [2.05, 4.69) is 37.4 Å². The summed E-state index contributed by atoms with van der Waals surface area (Å²) in [7, 11) is 3.15. The summed E-state index contributed by atoms with van der Waals surface area (Å²) in [6.07, 6.45) is 0.930. The van der Waals surface area contributed by atoms with Crippen LogP contribution in [0, 0.1) is 19.8 Å². The fraction of sp³-hybridized carbons (Fsp3) is 0.375. The van der Waals surface area contributed by atoms with E-state index in [-0.39, 0.29) is 31.4 Å². The number of carboxylic acids is 1. The topological polar surface area (TPSA) is 94.1 Å². The highest BCUT2D eigenvalue weighted by molar-refractivity contribution is 5.96. The van der Waals surface area contributed by atoms with Crippen LogP contribution in [-0.4, -0.2) is 31.2 Å². The van der Waals surface area contributed by atoms with Gasteiger partial charge in [-0.1, -0.05) is 61.4 Å². The van der Waals surface area contributed by atoms with Gasteiger partial charge in [-0.15, -0.1) is 0 Å². The first-order valence-corrected chi connectivity index (χ1v) is 13.2. The van der Waals surface area contributed by atoms with Crippen LogP contribution in [0.1, 0.15) is 70.9 Å². The van der Waals surface area contributed by atoms with Crippen molar-refractivity contribution in [1.82, 2.24) is 5.32 Å². The smallest absolute Gasteiger partial charge is 0.303 e. The molecule has 1 atom stereocenters. The van der Waals surface area contributed by atoms with Crippen molar-refractivity contribution in [3.63, 3.8) is 0 Å². The Morgan fingerprint density at radius 2 is 1.64 bits per heavy atom. The van der Waals surface area contributed by atoms with Crippen molar-refractivity contribution in [2.75, 3.05) is 14.2 Å². The number of hydrogen-bond donors (Lipinski definition) is 2. The van der Waals surface area contributed by atoms with E-state index in [4.69, 9.17) is 14.2 Å². The first kappa shape index (κ1) is 29.6. The number of carboxylic acid groups (broad SMARTS) is 1. The third-order valence-corrected chi connectivity index (χ3v) is 6.47. The Labute approximate surface area is 231 Å². The molecule has 208 valence electrons. The van der Waals surface area contributed by atoms with Gasteiger partial charge in [-0.05, 0) is 61.9 Å². The fourth-order valence-electron chi connectivity index (χ4n) is 4.74. The van der Waals surface area contributed by atoms with Crippen molar-refractivity contribution < 1.29 is 28.9 Å². The maximum absolute atomic E-state index is 13.7. The van der Waals surface area contributed by atoms with E-state index in [0.29, 0.717) is 34.3 Å². The average Bonchev–Trinajstić information content (AvgIpc) is 2.89. The van der Waals surface area contributed by atoms with Gasteiger partial charge in [-0.2, -0.15) is 0 Å². The highest BCUT2D eigenvalue weighted by Crippen LogP contribution is 2.32. The number of carbonyl (C=O) groups is 2. The number of aliphatic carboxylic acids is 1. The molecule has 0 bridgehead atoms. The van der Waals surface area contributed by atoms with Crippen molar-refractivity contribution in [3.8, 4) is 17.2 Å². The first-order chi connectivity index (χ1) is 18.6. The molecule has 3 aromatic rings. The van der Waals surface area contributed by atoms with Crippen LogP contribution in [0.4, 0.5) is 0 Å². The van der Waals surface area contributed by atoms with Crippen molar-refractivity contribution in [2.45, 2.75) is 59.6 Å². The van der Waals surface area contributed by atoms with Crippen LogP contribution in [0.5, 0.6) is 17.2 Å². The molecule has 0 heterocycles. The van der Waals surface area contributed by atoms with Gasteiger partial charge in [0.25, 0.3) is 5.91 Å². The number of ether oxygens (including phenoxy) is 3. The summed E-state index contributed by atoms with van der Waals surface area (Å²) in [5, 5.41) is 12.5. The second-order valence-corrected chi connectivity index (χ2v) is 10.2. The molecule has 3 rings (SSSR count). The zero-order valence-electron chi connectivity index (χ0n) is 23.7. The zero-order valence-corrected chi connectivity index (χ0v) is 23.7. The van der Waals surface area contributed by atoms with E-state index >= 15 is 0 Å². The molecular formula is C32H39NO6. The molecule has 7 heteroatoms. The molecule has 39 heavy (non-hydrogen) atoms. The Morgan fingerprint density at radius 1 is 0.923 bits per heavy atom. The molecule has 0 saturated carbocycles. The lowest BCUT2D eigenvalue weighted by atomic mass is 9.93. The molecule has 0 spiro atoms. The Kier molecular flexibility index (Phi) is 10.4. The highest BCUT2D eigenvalue weighted by Gasteiger charge is 2.21. The lowest BCUT2D eigenvalue weighted by molar-refractivity contribution is -0.136. The van der Waals surface area contributed by atoms with Crippen LogP contribution in [-0.2, 0) is 17.8 Å². The first-order valence-electron chi connectivity index (χ1n) is 13.2. The molecule has 1 unspecified atom stereocenters. The van der Waals surface area contributed by atoms with Gasteiger partial charge in [0.1, 0.15) is 12.4 Å². The Hall–Kier alpha value is -4.00. The number of nitrogens with one attached hydrogen (secondary N) is 1. The van der Waals surface area contributed by atoms with Gasteiger partial charge in [0.15, 0.2) is 11.5 Å². The van der Waals surface area contributed by atoms with Gasteiger partial charge >= 0.3 is 5.97 Å². The molecule has 0 aliphatic heterocycles. The Balaban J connectivity index is 1.91. The van der Waals surface area contributed by atoms with Gasteiger partial charge < -0.3 is 24.6 Å². The van der Waals surface area contributed by atoms with Crippen molar-refractivity contribution in [3.05, 3.63) is 88.0 Å². The second kappa shape index (κ2) is 13.7. The summed E-state index contributed by atoms with van der Waals surface area (Å²) in [5.74, 6) is 0.863. The molecule has 0 saturated heterocycles. The number of benzene rings is 3. The largest absolute Gasteiger partial charge is 0.493 e. The molecule has 2 N–H and O–H groups in total. The number of methoxy groups -OCH3 is 2. The van der Waals surface area contributed by atoms with Crippen LogP contribution in [0.25, 0.3) is 0 Å². The lowest BCUT2D eigenvalue weighted by Gasteiger charge is -2.23. The third kappa shape index (κ3) is 8.24. The van der Waals surface area contributed by atoms with E-state index in [0.717, 1.165) is 28.7 Å². The molecule has 1 amide bonds. The quantitative estimate of drug-likeness (QED) is 0.263.